The van der Waals surface area contributed by atoms with Crippen LogP contribution in [0.5, 0.6) is 0 Å². The zero-order chi connectivity index (χ0) is 11.7. The summed E-state index contributed by atoms with van der Waals surface area (Å²) in [6, 6.07) is 0. The quantitative estimate of drug-likeness (QED) is 0.445. The Balaban J connectivity index is 3.53. The monoisotopic (exact) mass is 228 g/mol. The lowest BCUT2D eigenvalue weighted by molar-refractivity contribution is -0.251. The fourth-order valence-electron chi connectivity index (χ4n) is 0.651. The predicted molar refractivity (Wildman–Crippen MR) is 45.6 cm³/mol. The molecule has 0 aliphatic rings. The number of ether oxygens (including phenoxy) is 4. The summed E-state index contributed by atoms with van der Waals surface area (Å²) < 4.78 is 42.6. The fourth-order valence-corrected chi connectivity index (χ4v) is 0.651. The van der Waals surface area contributed by atoms with Gasteiger partial charge in [-0.05, 0) is 0 Å². The lowest BCUT2D eigenvalue weighted by atomic mass is 10.6. The zero-order valence-corrected chi connectivity index (χ0v) is 8.63. The van der Waals surface area contributed by atoms with E-state index in [0.29, 0.717) is 6.61 Å². The maximum absolute atomic E-state index is 12.6. The van der Waals surface area contributed by atoms with Gasteiger partial charge >= 0.3 is 12.1 Å². The molecule has 0 atom stereocenters. The third-order valence-corrected chi connectivity index (χ3v) is 1.37. The van der Waals surface area contributed by atoms with E-state index in [2.05, 4.69) is 14.2 Å². The molecule has 0 fully saturated rings. The Morgan fingerprint density at radius 2 is 1.73 bits per heavy atom. The molecule has 0 saturated carbocycles. The molecule has 7 heteroatoms. The van der Waals surface area contributed by atoms with Crippen LogP contribution in [0.15, 0.2) is 0 Å². The molecule has 0 saturated heterocycles. The van der Waals surface area contributed by atoms with E-state index in [1.54, 1.807) is 0 Å². The van der Waals surface area contributed by atoms with Crippen LogP contribution in [0.25, 0.3) is 0 Å². The number of halogens is 2. The van der Waals surface area contributed by atoms with Crippen LogP contribution in [0.3, 0.4) is 0 Å². The van der Waals surface area contributed by atoms with Crippen LogP contribution in [0.2, 0.25) is 0 Å². The second-order valence-electron chi connectivity index (χ2n) is 2.46. The molecule has 0 spiro atoms. The number of hydrogen-bond acceptors (Lipinski definition) is 5. The van der Waals surface area contributed by atoms with E-state index in [9.17, 15) is 13.6 Å². The van der Waals surface area contributed by atoms with E-state index in [1.165, 1.54) is 7.11 Å². The molecule has 0 bridgehead atoms. The highest BCUT2D eigenvalue weighted by atomic mass is 19.3. The minimum Gasteiger partial charge on any atom is -0.463 e. The highest BCUT2D eigenvalue weighted by molar-refractivity contribution is 5.75. The number of esters is 1. The zero-order valence-electron chi connectivity index (χ0n) is 8.63. The van der Waals surface area contributed by atoms with Crippen molar-refractivity contribution in [3.8, 4) is 0 Å². The average Bonchev–Trinajstić information content (AvgIpc) is 2.22. The average molecular weight is 228 g/mol. The van der Waals surface area contributed by atoms with Crippen molar-refractivity contribution in [2.75, 3.05) is 40.6 Å². The van der Waals surface area contributed by atoms with Gasteiger partial charge in [0.25, 0.3) is 0 Å². The van der Waals surface area contributed by atoms with E-state index in [-0.39, 0.29) is 13.2 Å². The molecule has 0 unspecified atom stereocenters. The first-order chi connectivity index (χ1) is 7.04. The van der Waals surface area contributed by atoms with Gasteiger partial charge in [-0.2, -0.15) is 8.78 Å². The van der Waals surface area contributed by atoms with Crippen LogP contribution in [0.4, 0.5) is 8.78 Å². The summed E-state index contributed by atoms with van der Waals surface area (Å²) >= 11 is 0. The fraction of sp³-hybridized carbons (Fsp3) is 0.875. The van der Waals surface area contributed by atoms with Gasteiger partial charge in [0.15, 0.2) is 0 Å². The van der Waals surface area contributed by atoms with Crippen molar-refractivity contribution in [2.24, 2.45) is 0 Å². The minimum atomic E-state index is -3.92. The second-order valence-corrected chi connectivity index (χ2v) is 2.46. The number of carbonyl (C=O) groups excluding carboxylic acids is 1. The van der Waals surface area contributed by atoms with Crippen LogP contribution in [0, 0.1) is 0 Å². The first kappa shape index (κ1) is 14.2. The summed E-state index contributed by atoms with van der Waals surface area (Å²) in [6.45, 7) is 0.207. The first-order valence-corrected chi connectivity index (χ1v) is 4.21. The number of rotatable bonds is 8. The Bertz CT molecular complexity index is 186. The largest absolute Gasteiger partial charge is 0.463 e. The molecule has 0 heterocycles. The van der Waals surface area contributed by atoms with Gasteiger partial charge in [-0.1, -0.05) is 0 Å². The molecule has 0 N–H and O–H groups in total. The molecular formula is C8H14F2O5. The molecule has 0 aliphatic carbocycles. The van der Waals surface area contributed by atoms with E-state index in [1.807, 2.05) is 0 Å². The van der Waals surface area contributed by atoms with Crippen LogP contribution in [-0.4, -0.2) is 52.7 Å². The lowest BCUT2D eigenvalue weighted by Gasteiger charge is -2.13. The van der Waals surface area contributed by atoms with Crippen LogP contribution >= 0.6 is 0 Å². The third kappa shape index (κ3) is 6.32. The minimum absolute atomic E-state index is 0.0457. The molecular weight excluding hydrogens is 214 g/mol. The molecule has 0 aromatic carbocycles. The first-order valence-electron chi connectivity index (χ1n) is 4.21. The van der Waals surface area contributed by atoms with Gasteiger partial charge in [-0.25, -0.2) is 4.79 Å². The molecule has 0 amide bonds. The molecule has 90 valence electrons. The molecule has 5 nitrogen and oxygen atoms in total. The molecule has 15 heavy (non-hydrogen) atoms. The topological polar surface area (TPSA) is 54.0 Å². The Hall–Kier alpha value is -0.790. The van der Waals surface area contributed by atoms with Crippen molar-refractivity contribution in [3.63, 3.8) is 0 Å². The van der Waals surface area contributed by atoms with Crippen molar-refractivity contribution in [1.82, 2.24) is 0 Å². The van der Waals surface area contributed by atoms with Crippen molar-refractivity contribution in [2.45, 2.75) is 6.11 Å². The van der Waals surface area contributed by atoms with Crippen molar-refractivity contribution in [3.05, 3.63) is 0 Å². The van der Waals surface area contributed by atoms with Gasteiger partial charge in [0, 0.05) is 7.11 Å². The summed E-state index contributed by atoms with van der Waals surface area (Å²) in [4.78, 5) is 10.4. The van der Waals surface area contributed by atoms with E-state index >= 15 is 0 Å². The van der Waals surface area contributed by atoms with Crippen molar-refractivity contribution < 1.29 is 32.5 Å². The predicted octanol–water partition coefficient (Wildman–Crippen LogP) is 0.432. The lowest BCUT2D eigenvalue weighted by Crippen LogP contribution is -2.34. The Kier molecular flexibility index (Phi) is 7.10. The van der Waals surface area contributed by atoms with E-state index in [4.69, 9.17) is 4.74 Å². The van der Waals surface area contributed by atoms with Crippen LogP contribution in [0.1, 0.15) is 0 Å². The van der Waals surface area contributed by atoms with E-state index in [0.717, 1.165) is 7.11 Å². The van der Waals surface area contributed by atoms with E-state index < -0.39 is 18.7 Å². The standard InChI is InChI=1S/C8H14F2O5/c1-12-3-4-14-5-6-15-8(9,10)7(11)13-2/h3-6H2,1-2H3. The summed E-state index contributed by atoms with van der Waals surface area (Å²) in [7, 11) is 2.35. The molecule has 0 radical (unpaired) electrons. The molecule has 0 rings (SSSR count). The van der Waals surface area contributed by atoms with Crippen LogP contribution < -0.4 is 0 Å². The van der Waals surface area contributed by atoms with Gasteiger partial charge in [0.1, 0.15) is 0 Å². The molecule has 0 aromatic rings. The third-order valence-electron chi connectivity index (χ3n) is 1.37. The van der Waals surface area contributed by atoms with Gasteiger partial charge in [0.2, 0.25) is 0 Å². The Morgan fingerprint density at radius 1 is 1.13 bits per heavy atom. The number of methoxy groups -OCH3 is 2. The Labute approximate surface area is 86.2 Å². The summed E-state index contributed by atoms with van der Waals surface area (Å²) in [5.41, 5.74) is 0. The van der Waals surface area contributed by atoms with Crippen molar-refractivity contribution in [1.29, 1.82) is 0 Å². The summed E-state index contributed by atoms with van der Waals surface area (Å²) in [5.74, 6) is -1.72. The Morgan fingerprint density at radius 3 is 2.27 bits per heavy atom. The SMILES string of the molecule is COCCOCCOC(F)(F)C(=O)OC. The second kappa shape index (κ2) is 7.49. The normalized spacial score (nSPS) is 11.5. The van der Waals surface area contributed by atoms with Crippen LogP contribution in [-0.2, 0) is 23.7 Å². The van der Waals surface area contributed by atoms with Gasteiger partial charge in [-0.15, -0.1) is 0 Å². The smallest absolute Gasteiger partial charge is 0.456 e. The highest BCUT2D eigenvalue weighted by Gasteiger charge is 2.41. The summed E-state index contributed by atoms with van der Waals surface area (Å²) in [5, 5.41) is 0. The highest BCUT2D eigenvalue weighted by Crippen LogP contribution is 2.16. The maximum Gasteiger partial charge on any atom is 0.456 e. The number of alkyl halides is 2. The number of hydrogen-bond donors (Lipinski definition) is 0. The maximum atomic E-state index is 12.6. The van der Waals surface area contributed by atoms with Crippen molar-refractivity contribution >= 4 is 5.97 Å². The van der Waals surface area contributed by atoms with Gasteiger partial charge in [0.05, 0.1) is 33.5 Å². The number of carbonyl (C=O) groups is 1. The summed E-state index contributed by atoms with van der Waals surface area (Å²) in [6.07, 6.45) is -3.92. The van der Waals surface area contributed by atoms with Gasteiger partial charge < -0.3 is 18.9 Å². The van der Waals surface area contributed by atoms with Gasteiger partial charge in [-0.3, -0.25) is 0 Å². The molecule has 0 aliphatic heterocycles. The molecule has 0 aromatic heterocycles.